The summed E-state index contributed by atoms with van der Waals surface area (Å²) in [4.78, 5) is 20.2. The Balaban J connectivity index is 2.41. The molecule has 0 aliphatic carbocycles. The second-order valence-corrected chi connectivity index (χ2v) is 5.44. The molecule has 0 bridgehead atoms. The molecule has 2 aromatic heterocycles. The average Bonchev–Trinajstić information content (AvgIpc) is 2.97. The van der Waals surface area contributed by atoms with Gasteiger partial charge in [-0.05, 0) is 24.8 Å². The second-order valence-electron chi connectivity index (χ2n) is 4.46. The first-order valence-electron chi connectivity index (χ1n) is 6.57. The van der Waals surface area contributed by atoms with Crippen LogP contribution in [0, 0.1) is 17.0 Å². The second kappa shape index (κ2) is 6.49. The van der Waals surface area contributed by atoms with Gasteiger partial charge in [-0.3, -0.25) is 10.1 Å². The zero-order chi connectivity index (χ0) is 15.4. The standard InChI is InChI=1S/C13H17N5O2S/c1-4-9(10-6-5-7-21-10)16-12-11(18(19)20)8(2)15-13(14-3)17-12/h5-7,9H,4H2,1-3H3,(H2,14,15,16,17). The van der Waals surface area contributed by atoms with E-state index in [9.17, 15) is 10.1 Å². The highest BCUT2D eigenvalue weighted by Crippen LogP contribution is 2.32. The van der Waals surface area contributed by atoms with Gasteiger partial charge in [-0.15, -0.1) is 11.3 Å². The maximum absolute atomic E-state index is 11.3. The Morgan fingerprint density at radius 3 is 2.76 bits per heavy atom. The molecule has 1 atom stereocenters. The Bertz CT molecular complexity index is 630. The van der Waals surface area contributed by atoms with Gasteiger partial charge in [0.15, 0.2) is 0 Å². The fourth-order valence-corrected chi connectivity index (χ4v) is 2.89. The first kappa shape index (κ1) is 15.2. The Morgan fingerprint density at radius 2 is 2.24 bits per heavy atom. The molecule has 0 saturated carbocycles. The zero-order valence-electron chi connectivity index (χ0n) is 12.1. The van der Waals surface area contributed by atoms with Crippen molar-refractivity contribution in [2.45, 2.75) is 26.3 Å². The van der Waals surface area contributed by atoms with E-state index in [4.69, 9.17) is 0 Å². The van der Waals surface area contributed by atoms with Crippen LogP contribution in [0.2, 0.25) is 0 Å². The smallest absolute Gasteiger partial charge is 0.332 e. The summed E-state index contributed by atoms with van der Waals surface area (Å²) in [5.74, 6) is 0.610. The van der Waals surface area contributed by atoms with Gasteiger partial charge in [0.2, 0.25) is 11.8 Å². The van der Waals surface area contributed by atoms with Gasteiger partial charge >= 0.3 is 5.69 Å². The number of hydrogen-bond donors (Lipinski definition) is 2. The fraction of sp³-hybridized carbons (Fsp3) is 0.385. The Morgan fingerprint density at radius 1 is 1.48 bits per heavy atom. The lowest BCUT2D eigenvalue weighted by Crippen LogP contribution is -2.13. The summed E-state index contributed by atoms with van der Waals surface area (Å²) in [5.41, 5.74) is 0.256. The van der Waals surface area contributed by atoms with Crippen molar-refractivity contribution in [3.05, 3.63) is 38.2 Å². The summed E-state index contributed by atoms with van der Waals surface area (Å²) in [6.07, 6.45) is 0.801. The molecule has 2 aromatic rings. The number of thiophene rings is 1. The van der Waals surface area contributed by atoms with Crippen molar-refractivity contribution >= 4 is 28.8 Å². The van der Waals surface area contributed by atoms with Gasteiger partial charge in [-0.25, -0.2) is 4.98 Å². The Kier molecular flexibility index (Phi) is 4.69. The van der Waals surface area contributed by atoms with Gasteiger partial charge in [-0.1, -0.05) is 13.0 Å². The Hall–Kier alpha value is -2.22. The van der Waals surface area contributed by atoms with Crippen molar-refractivity contribution in [2.75, 3.05) is 17.7 Å². The van der Waals surface area contributed by atoms with E-state index in [-0.39, 0.29) is 17.5 Å². The van der Waals surface area contributed by atoms with Crippen LogP contribution in [0.15, 0.2) is 17.5 Å². The molecule has 2 rings (SSSR count). The highest BCUT2D eigenvalue weighted by molar-refractivity contribution is 7.10. The molecular formula is C13H17N5O2S. The van der Waals surface area contributed by atoms with Crippen molar-refractivity contribution in [1.29, 1.82) is 0 Å². The van der Waals surface area contributed by atoms with Crippen LogP contribution in [0.3, 0.4) is 0 Å². The van der Waals surface area contributed by atoms with E-state index in [1.807, 2.05) is 24.4 Å². The normalized spacial score (nSPS) is 12.0. The zero-order valence-corrected chi connectivity index (χ0v) is 12.9. The van der Waals surface area contributed by atoms with Crippen molar-refractivity contribution in [3.63, 3.8) is 0 Å². The van der Waals surface area contributed by atoms with E-state index in [1.54, 1.807) is 25.3 Å². The minimum atomic E-state index is -0.446. The highest BCUT2D eigenvalue weighted by atomic mass is 32.1. The number of nitrogens with zero attached hydrogens (tertiary/aromatic N) is 3. The van der Waals surface area contributed by atoms with Crippen molar-refractivity contribution in [1.82, 2.24) is 9.97 Å². The maximum atomic E-state index is 11.3. The largest absolute Gasteiger partial charge is 0.357 e. The lowest BCUT2D eigenvalue weighted by Gasteiger charge is -2.17. The minimum Gasteiger partial charge on any atom is -0.357 e. The molecular weight excluding hydrogens is 290 g/mol. The van der Waals surface area contributed by atoms with E-state index < -0.39 is 4.92 Å². The molecule has 0 fully saturated rings. The molecule has 0 saturated heterocycles. The van der Waals surface area contributed by atoms with Crippen molar-refractivity contribution in [2.24, 2.45) is 0 Å². The van der Waals surface area contributed by atoms with Crippen LogP contribution in [-0.2, 0) is 0 Å². The van der Waals surface area contributed by atoms with Crippen LogP contribution < -0.4 is 10.6 Å². The molecule has 1 unspecified atom stereocenters. The summed E-state index contributed by atoms with van der Waals surface area (Å²) in [7, 11) is 1.68. The molecule has 0 aromatic carbocycles. The summed E-state index contributed by atoms with van der Waals surface area (Å²) >= 11 is 1.61. The van der Waals surface area contributed by atoms with Crippen LogP contribution >= 0.6 is 11.3 Å². The third kappa shape index (κ3) is 3.27. The number of nitro groups is 1. The first-order chi connectivity index (χ1) is 10.1. The van der Waals surface area contributed by atoms with Gasteiger partial charge in [0.05, 0.1) is 11.0 Å². The molecule has 0 aliphatic rings. The van der Waals surface area contributed by atoms with E-state index in [2.05, 4.69) is 20.6 Å². The quantitative estimate of drug-likeness (QED) is 0.628. The van der Waals surface area contributed by atoms with Crippen LogP contribution in [-0.4, -0.2) is 21.9 Å². The minimum absolute atomic E-state index is 0.0114. The monoisotopic (exact) mass is 307 g/mol. The number of nitrogens with one attached hydrogen (secondary N) is 2. The van der Waals surface area contributed by atoms with E-state index in [0.29, 0.717) is 11.6 Å². The van der Waals surface area contributed by atoms with Gasteiger partial charge < -0.3 is 10.6 Å². The van der Waals surface area contributed by atoms with E-state index in [1.165, 1.54) is 0 Å². The van der Waals surface area contributed by atoms with Gasteiger partial charge in [0.25, 0.3) is 0 Å². The molecule has 21 heavy (non-hydrogen) atoms. The van der Waals surface area contributed by atoms with Crippen molar-refractivity contribution in [3.8, 4) is 0 Å². The van der Waals surface area contributed by atoms with E-state index >= 15 is 0 Å². The van der Waals surface area contributed by atoms with Crippen LogP contribution in [0.5, 0.6) is 0 Å². The molecule has 0 aliphatic heterocycles. The SMILES string of the molecule is CCC(Nc1nc(NC)nc(C)c1[N+](=O)[O-])c1cccs1. The van der Waals surface area contributed by atoms with Crippen LogP contribution in [0.25, 0.3) is 0 Å². The summed E-state index contributed by atoms with van der Waals surface area (Å²) in [6, 6.07) is 3.95. The van der Waals surface area contributed by atoms with Crippen LogP contribution in [0.1, 0.15) is 30.0 Å². The summed E-state index contributed by atoms with van der Waals surface area (Å²) < 4.78 is 0. The fourth-order valence-electron chi connectivity index (χ4n) is 2.03. The van der Waals surface area contributed by atoms with Gasteiger partial charge in [-0.2, -0.15) is 4.98 Å². The highest BCUT2D eigenvalue weighted by Gasteiger charge is 2.24. The van der Waals surface area contributed by atoms with Crippen molar-refractivity contribution < 1.29 is 4.92 Å². The summed E-state index contributed by atoms with van der Waals surface area (Å²) in [6.45, 7) is 3.63. The summed E-state index contributed by atoms with van der Waals surface area (Å²) in [5, 5.41) is 19.2. The number of rotatable bonds is 6. The molecule has 2 N–H and O–H groups in total. The number of aromatic nitrogens is 2. The maximum Gasteiger partial charge on any atom is 0.332 e. The number of anilines is 2. The van der Waals surface area contributed by atoms with Gasteiger partial charge in [0.1, 0.15) is 5.69 Å². The average molecular weight is 307 g/mol. The molecule has 7 nitrogen and oxygen atoms in total. The predicted octanol–water partition coefficient (Wildman–Crippen LogP) is 3.36. The lowest BCUT2D eigenvalue weighted by atomic mass is 10.2. The lowest BCUT2D eigenvalue weighted by molar-refractivity contribution is -0.385. The first-order valence-corrected chi connectivity index (χ1v) is 7.45. The Labute approximate surface area is 126 Å². The molecule has 112 valence electrons. The molecule has 0 amide bonds. The predicted molar refractivity (Wildman–Crippen MR) is 83.9 cm³/mol. The molecule has 0 radical (unpaired) electrons. The van der Waals surface area contributed by atoms with Gasteiger partial charge in [0, 0.05) is 11.9 Å². The number of aryl methyl sites for hydroxylation is 1. The van der Waals surface area contributed by atoms with Crippen LogP contribution in [0.4, 0.5) is 17.5 Å². The van der Waals surface area contributed by atoms with E-state index in [0.717, 1.165) is 11.3 Å². The third-order valence-corrected chi connectivity index (χ3v) is 4.06. The molecule has 0 spiro atoms. The topological polar surface area (TPSA) is 93.0 Å². The molecule has 8 heteroatoms. The third-order valence-electron chi connectivity index (χ3n) is 3.07. The molecule has 2 heterocycles. The number of hydrogen-bond acceptors (Lipinski definition) is 7.